The van der Waals surface area contributed by atoms with Gasteiger partial charge in [0.2, 0.25) is 0 Å². The SMILES string of the molecule is CCN(C)CCCc1cnn(C)c1. The van der Waals surface area contributed by atoms with Gasteiger partial charge in [-0.1, -0.05) is 6.92 Å². The highest BCUT2D eigenvalue weighted by atomic mass is 15.2. The first-order chi connectivity index (χ1) is 6.22. The van der Waals surface area contributed by atoms with E-state index >= 15 is 0 Å². The van der Waals surface area contributed by atoms with Crippen molar-refractivity contribution in [2.24, 2.45) is 7.05 Å². The van der Waals surface area contributed by atoms with Crippen LogP contribution in [0, 0.1) is 0 Å². The molecule has 0 amide bonds. The lowest BCUT2D eigenvalue weighted by Gasteiger charge is -2.12. The maximum atomic E-state index is 4.14. The molecule has 1 rings (SSSR count). The third-order valence-electron chi connectivity index (χ3n) is 2.30. The summed E-state index contributed by atoms with van der Waals surface area (Å²) in [5.74, 6) is 0. The van der Waals surface area contributed by atoms with Crippen molar-refractivity contribution in [1.29, 1.82) is 0 Å². The first-order valence-corrected chi connectivity index (χ1v) is 4.88. The lowest BCUT2D eigenvalue weighted by Crippen LogP contribution is -2.19. The van der Waals surface area contributed by atoms with E-state index in [9.17, 15) is 0 Å². The minimum absolute atomic E-state index is 1.13. The topological polar surface area (TPSA) is 21.1 Å². The lowest BCUT2D eigenvalue weighted by atomic mass is 10.2. The second kappa shape index (κ2) is 5.02. The Bertz CT molecular complexity index is 242. The van der Waals surface area contributed by atoms with Crippen LogP contribution in [0.5, 0.6) is 0 Å². The highest BCUT2D eigenvalue weighted by Crippen LogP contribution is 2.01. The molecule has 1 heterocycles. The van der Waals surface area contributed by atoms with Crippen molar-refractivity contribution in [3.63, 3.8) is 0 Å². The molecule has 0 N–H and O–H groups in total. The van der Waals surface area contributed by atoms with Gasteiger partial charge in [0, 0.05) is 13.2 Å². The summed E-state index contributed by atoms with van der Waals surface area (Å²) in [6.07, 6.45) is 6.39. The molecule has 0 aliphatic heterocycles. The van der Waals surface area contributed by atoms with E-state index in [2.05, 4.69) is 30.2 Å². The van der Waals surface area contributed by atoms with Crippen LogP contribution >= 0.6 is 0 Å². The van der Waals surface area contributed by atoms with Crippen LogP contribution in [0.25, 0.3) is 0 Å². The molecule has 0 spiro atoms. The number of nitrogens with zero attached hydrogens (tertiary/aromatic N) is 3. The predicted octanol–water partition coefficient (Wildman–Crippen LogP) is 1.30. The Kier molecular flexibility index (Phi) is 3.96. The van der Waals surface area contributed by atoms with Gasteiger partial charge in [0.1, 0.15) is 0 Å². The fraction of sp³-hybridized carbons (Fsp3) is 0.700. The molecule has 0 fully saturated rings. The molecule has 0 aliphatic carbocycles. The van der Waals surface area contributed by atoms with E-state index in [1.165, 1.54) is 18.5 Å². The highest BCUT2D eigenvalue weighted by molar-refractivity contribution is 5.03. The van der Waals surface area contributed by atoms with Gasteiger partial charge in [0.15, 0.2) is 0 Å². The molecule has 0 radical (unpaired) electrons. The summed E-state index contributed by atoms with van der Waals surface area (Å²) in [5.41, 5.74) is 1.34. The van der Waals surface area contributed by atoms with E-state index in [4.69, 9.17) is 0 Å². The zero-order valence-electron chi connectivity index (χ0n) is 8.82. The van der Waals surface area contributed by atoms with E-state index in [0.717, 1.165) is 13.0 Å². The van der Waals surface area contributed by atoms with E-state index in [1.54, 1.807) is 0 Å². The number of hydrogen-bond acceptors (Lipinski definition) is 2. The zero-order valence-corrected chi connectivity index (χ0v) is 8.82. The van der Waals surface area contributed by atoms with Crippen molar-refractivity contribution in [3.05, 3.63) is 18.0 Å². The van der Waals surface area contributed by atoms with Gasteiger partial charge in [-0.2, -0.15) is 5.10 Å². The smallest absolute Gasteiger partial charge is 0.0521 e. The first-order valence-electron chi connectivity index (χ1n) is 4.88. The van der Waals surface area contributed by atoms with Crippen LogP contribution in [0.2, 0.25) is 0 Å². The third kappa shape index (κ3) is 3.59. The molecule has 1 aromatic heterocycles. The van der Waals surface area contributed by atoms with Gasteiger partial charge in [-0.3, -0.25) is 4.68 Å². The molecule has 74 valence electrons. The molecule has 0 atom stereocenters. The Balaban J connectivity index is 2.20. The van der Waals surface area contributed by atoms with E-state index in [1.807, 2.05) is 17.9 Å². The van der Waals surface area contributed by atoms with Crippen LogP contribution in [-0.2, 0) is 13.5 Å². The highest BCUT2D eigenvalue weighted by Gasteiger charge is 1.97. The molecule has 3 nitrogen and oxygen atoms in total. The van der Waals surface area contributed by atoms with Crippen molar-refractivity contribution in [2.45, 2.75) is 19.8 Å². The second-order valence-electron chi connectivity index (χ2n) is 3.52. The van der Waals surface area contributed by atoms with Crippen LogP contribution in [0.1, 0.15) is 18.9 Å². The van der Waals surface area contributed by atoms with Crippen LogP contribution in [-0.4, -0.2) is 34.8 Å². The van der Waals surface area contributed by atoms with Gasteiger partial charge in [-0.15, -0.1) is 0 Å². The molecule has 1 aromatic rings. The summed E-state index contributed by atoms with van der Waals surface area (Å²) < 4.78 is 1.86. The molecule has 13 heavy (non-hydrogen) atoms. The van der Waals surface area contributed by atoms with E-state index < -0.39 is 0 Å². The minimum Gasteiger partial charge on any atom is -0.307 e. The summed E-state index contributed by atoms with van der Waals surface area (Å²) in [6, 6.07) is 0. The van der Waals surface area contributed by atoms with Crippen molar-refractivity contribution >= 4 is 0 Å². The molecule has 0 saturated heterocycles. The van der Waals surface area contributed by atoms with Gasteiger partial charge >= 0.3 is 0 Å². The number of rotatable bonds is 5. The Morgan fingerprint density at radius 1 is 1.54 bits per heavy atom. The van der Waals surface area contributed by atoms with Crippen LogP contribution in [0.15, 0.2) is 12.4 Å². The molecule has 0 saturated carbocycles. The quantitative estimate of drug-likeness (QED) is 0.683. The Hall–Kier alpha value is -0.830. The average molecular weight is 181 g/mol. The summed E-state index contributed by atoms with van der Waals surface area (Å²) in [6.45, 7) is 4.49. The van der Waals surface area contributed by atoms with Gasteiger partial charge in [0.05, 0.1) is 6.20 Å². The normalized spacial score (nSPS) is 11.1. The van der Waals surface area contributed by atoms with Crippen molar-refractivity contribution in [2.75, 3.05) is 20.1 Å². The second-order valence-corrected chi connectivity index (χ2v) is 3.52. The number of aromatic nitrogens is 2. The summed E-state index contributed by atoms with van der Waals surface area (Å²) in [7, 11) is 4.12. The molecule has 0 bridgehead atoms. The standard InChI is InChI=1S/C10H19N3/c1-4-12(2)7-5-6-10-8-11-13(3)9-10/h8-9H,4-7H2,1-3H3. The third-order valence-corrected chi connectivity index (χ3v) is 2.30. The van der Waals surface area contributed by atoms with Crippen LogP contribution in [0.4, 0.5) is 0 Å². The van der Waals surface area contributed by atoms with Crippen molar-refractivity contribution in [3.8, 4) is 0 Å². The van der Waals surface area contributed by atoms with Gasteiger partial charge in [-0.25, -0.2) is 0 Å². The van der Waals surface area contributed by atoms with Crippen molar-refractivity contribution in [1.82, 2.24) is 14.7 Å². The summed E-state index contributed by atoms with van der Waals surface area (Å²) in [4.78, 5) is 2.33. The van der Waals surface area contributed by atoms with E-state index in [-0.39, 0.29) is 0 Å². The molecule has 0 aliphatic rings. The Morgan fingerprint density at radius 3 is 2.85 bits per heavy atom. The largest absolute Gasteiger partial charge is 0.307 e. The van der Waals surface area contributed by atoms with Gasteiger partial charge in [-0.05, 0) is 38.5 Å². The maximum Gasteiger partial charge on any atom is 0.0521 e. The number of hydrogen-bond donors (Lipinski definition) is 0. The maximum absolute atomic E-state index is 4.14. The zero-order chi connectivity index (χ0) is 9.68. The van der Waals surface area contributed by atoms with Gasteiger partial charge < -0.3 is 4.90 Å². The Morgan fingerprint density at radius 2 is 2.31 bits per heavy atom. The van der Waals surface area contributed by atoms with Gasteiger partial charge in [0.25, 0.3) is 0 Å². The Labute approximate surface area is 80.4 Å². The average Bonchev–Trinajstić information content (AvgIpc) is 2.51. The number of aryl methyl sites for hydroxylation is 2. The fourth-order valence-electron chi connectivity index (χ4n) is 1.31. The lowest BCUT2D eigenvalue weighted by molar-refractivity contribution is 0.347. The molecule has 0 unspecified atom stereocenters. The first kappa shape index (κ1) is 10.3. The minimum atomic E-state index is 1.13. The molecule has 3 heteroatoms. The fourth-order valence-corrected chi connectivity index (χ4v) is 1.31. The summed E-state index contributed by atoms with van der Waals surface area (Å²) in [5, 5.41) is 4.14. The molecular weight excluding hydrogens is 162 g/mol. The molecule has 0 aromatic carbocycles. The summed E-state index contributed by atoms with van der Waals surface area (Å²) >= 11 is 0. The van der Waals surface area contributed by atoms with Crippen LogP contribution < -0.4 is 0 Å². The predicted molar refractivity (Wildman–Crippen MR) is 54.7 cm³/mol. The van der Waals surface area contributed by atoms with Crippen LogP contribution in [0.3, 0.4) is 0 Å². The van der Waals surface area contributed by atoms with E-state index in [0.29, 0.717) is 0 Å². The molecular formula is C10H19N3. The monoisotopic (exact) mass is 181 g/mol. The van der Waals surface area contributed by atoms with Crippen molar-refractivity contribution < 1.29 is 0 Å².